The first kappa shape index (κ1) is 17.2. The predicted molar refractivity (Wildman–Crippen MR) is 78.9 cm³/mol. The molecule has 1 rings (SSSR count). The molecule has 20 heavy (non-hydrogen) atoms. The zero-order valence-electron chi connectivity index (χ0n) is 11.9. The van der Waals surface area contributed by atoms with Gasteiger partial charge in [-0.3, -0.25) is 0 Å². The molecule has 0 amide bonds. The lowest BCUT2D eigenvalue weighted by Gasteiger charge is -2.21. The van der Waals surface area contributed by atoms with E-state index < -0.39 is 10.0 Å². The van der Waals surface area contributed by atoms with Crippen LogP contribution < -0.4 is 4.74 Å². The second-order valence-corrected chi connectivity index (χ2v) is 6.28. The minimum absolute atomic E-state index is 0.145. The highest BCUT2D eigenvalue weighted by Crippen LogP contribution is 2.28. The molecule has 7 heteroatoms. The molecule has 0 bridgehead atoms. The first-order valence-electron chi connectivity index (χ1n) is 6.23. The average molecular weight is 322 g/mol. The van der Waals surface area contributed by atoms with Crippen molar-refractivity contribution in [1.29, 1.82) is 0 Å². The molecule has 0 spiro atoms. The molecule has 1 aromatic rings. The summed E-state index contributed by atoms with van der Waals surface area (Å²) in [5, 5.41) is 0. The fourth-order valence-electron chi connectivity index (χ4n) is 1.79. The molecule has 0 unspecified atom stereocenters. The first-order chi connectivity index (χ1) is 9.51. The Bertz CT molecular complexity index is 533. The van der Waals surface area contributed by atoms with E-state index in [1.807, 2.05) is 0 Å². The molecular formula is C13H20ClNO4S. The molecule has 0 fully saturated rings. The van der Waals surface area contributed by atoms with Gasteiger partial charge in [-0.25, -0.2) is 8.42 Å². The average Bonchev–Trinajstić information content (AvgIpc) is 2.46. The Morgan fingerprint density at radius 1 is 1.30 bits per heavy atom. The molecule has 0 saturated carbocycles. The Morgan fingerprint density at radius 2 is 2.00 bits per heavy atom. The topological polar surface area (TPSA) is 55.8 Å². The summed E-state index contributed by atoms with van der Waals surface area (Å²) in [6.45, 7) is 2.80. The van der Waals surface area contributed by atoms with Crippen molar-refractivity contribution in [2.75, 3.05) is 33.9 Å². The molecule has 0 radical (unpaired) electrons. The molecule has 0 heterocycles. The van der Waals surface area contributed by atoms with Gasteiger partial charge in [0.2, 0.25) is 10.0 Å². The van der Waals surface area contributed by atoms with E-state index in [4.69, 9.17) is 21.1 Å². The number of sulfonamides is 1. The van der Waals surface area contributed by atoms with Crippen LogP contribution in [0.2, 0.25) is 0 Å². The van der Waals surface area contributed by atoms with E-state index in [2.05, 4.69) is 0 Å². The molecule has 0 aromatic heterocycles. The lowest BCUT2D eigenvalue weighted by atomic mass is 10.2. The van der Waals surface area contributed by atoms with Crippen LogP contribution in [0.5, 0.6) is 5.75 Å². The lowest BCUT2D eigenvalue weighted by Crippen LogP contribution is -2.34. The maximum atomic E-state index is 12.6. The van der Waals surface area contributed by atoms with Crippen LogP contribution in [0.15, 0.2) is 23.1 Å². The third-order valence-corrected chi connectivity index (χ3v) is 5.22. The van der Waals surface area contributed by atoms with Crippen molar-refractivity contribution in [3.8, 4) is 5.75 Å². The summed E-state index contributed by atoms with van der Waals surface area (Å²) in [4.78, 5) is 0.145. The minimum atomic E-state index is -3.61. The summed E-state index contributed by atoms with van der Waals surface area (Å²) in [6.07, 6.45) is 0. The molecule has 0 aliphatic rings. The zero-order chi connectivity index (χ0) is 15.2. The molecule has 5 nitrogen and oxygen atoms in total. The van der Waals surface area contributed by atoms with Crippen LogP contribution in [0.3, 0.4) is 0 Å². The molecule has 0 saturated heterocycles. The van der Waals surface area contributed by atoms with Crippen LogP contribution in [0.1, 0.15) is 12.5 Å². The number of hydrogen-bond donors (Lipinski definition) is 0. The van der Waals surface area contributed by atoms with Crippen molar-refractivity contribution < 1.29 is 17.9 Å². The minimum Gasteiger partial charge on any atom is -0.495 e. The third kappa shape index (κ3) is 3.85. The van der Waals surface area contributed by atoms with Gasteiger partial charge in [0.1, 0.15) is 10.6 Å². The number of halogens is 1. The summed E-state index contributed by atoms with van der Waals surface area (Å²) >= 11 is 5.75. The highest BCUT2D eigenvalue weighted by molar-refractivity contribution is 7.89. The number of benzene rings is 1. The summed E-state index contributed by atoms with van der Waals surface area (Å²) in [7, 11) is -0.626. The quantitative estimate of drug-likeness (QED) is 0.688. The largest absolute Gasteiger partial charge is 0.495 e. The highest BCUT2D eigenvalue weighted by Gasteiger charge is 2.26. The summed E-state index contributed by atoms with van der Waals surface area (Å²) in [5.74, 6) is 0.608. The number of nitrogens with zero attached hydrogens (tertiary/aromatic N) is 1. The van der Waals surface area contributed by atoms with Gasteiger partial charge in [-0.1, -0.05) is 13.0 Å². The molecule has 0 aliphatic carbocycles. The van der Waals surface area contributed by atoms with Crippen LogP contribution in [-0.2, 0) is 20.6 Å². The SMILES string of the molecule is CCN(CCOC)S(=O)(=O)c1ccc(CCl)cc1OC. The van der Waals surface area contributed by atoms with Crippen molar-refractivity contribution in [2.45, 2.75) is 17.7 Å². The number of ether oxygens (including phenoxy) is 2. The van der Waals surface area contributed by atoms with E-state index in [1.54, 1.807) is 19.1 Å². The van der Waals surface area contributed by atoms with Crippen LogP contribution >= 0.6 is 11.6 Å². The van der Waals surface area contributed by atoms with E-state index in [1.165, 1.54) is 24.6 Å². The fourth-order valence-corrected chi connectivity index (χ4v) is 3.52. The molecule has 1 aromatic carbocycles. The first-order valence-corrected chi connectivity index (χ1v) is 8.20. The van der Waals surface area contributed by atoms with E-state index in [9.17, 15) is 8.42 Å². The summed E-state index contributed by atoms with van der Waals surface area (Å²) in [5.41, 5.74) is 0.808. The molecule has 0 aliphatic heterocycles. The van der Waals surface area contributed by atoms with Gasteiger partial charge in [0.25, 0.3) is 0 Å². The Labute approximate surface area is 125 Å². The van der Waals surface area contributed by atoms with Gasteiger partial charge < -0.3 is 9.47 Å². The van der Waals surface area contributed by atoms with Crippen LogP contribution in [0.4, 0.5) is 0 Å². The van der Waals surface area contributed by atoms with E-state index in [0.29, 0.717) is 31.3 Å². The summed E-state index contributed by atoms with van der Waals surface area (Å²) in [6, 6.07) is 4.86. The van der Waals surface area contributed by atoms with Crippen LogP contribution in [-0.4, -0.2) is 46.6 Å². The Hall–Kier alpha value is -0.820. The third-order valence-electron chi connectivity index (χ3n) is 2.90. The Balaban J connectivity index is 3.19. The maximum absolute atomic E-state index is 12.6. The second-order valence-electron chi connectivity index (χ2n) is 4.11. The molecule has 0 N–H and O–H groups in total. The fraction of sp³-hybridized carbons (Fsp3) is 0.538. The predicted octanol–water partition coefficient (Wildman–Crippen LogP) is 2.09. The normalized spacial score (nSPS) is 11.8. The maximum Gasteiger partial charge on any atom is 0.246 e. The molecule has 0 atom stereocenters. The van der Waals surface area contributed by atoms with Gasteiger partial charge in [-0.2, -0.15) is 4.31 Å². The molecular weight excluding hydrogens is 302 g/mol. The number of likely N-dealkylation sites (N-methyl/N-ethyl adjacent to an activating group) is 1. The number of hydrogen-bond acceptors (Lipinski definition) is 4. The monoisotopic (exact) mass is 321 g/mol. The van der Waals surface area contributed by atoms with Gasteiger partial charge in [-0.15, -0.1) is 11.6 Å². The summed E-state index contributed by atoms with van der Waals surface area (Å²) < 4.78 is 36.7. The van der Waals surface area contributed by atoms with Gasteiger partial charge in [0, 0.05) is 26.1 Å². The lowest BCUT2D eigenvalue weighted by molar-refractivity contribution is 0.180. The standard InChI is InChI=1S/C13H20ClNO4S/c1-4-15(7-8-18-2)20(16,17)13-6-5-11(10-14)9-12(13)19-3/h5-6,9H,4,7-8,10H2,1-3H3. The van der Waals surface area contributed by atoms with Crippen molar-refractivity contribution in [1.82, 2.24) is 4.31 Å². The van der Waals surface area contributed by atoms with E-state index in [-0.39, 0.29) is 4.90 Å². The number of methoxy groups -OCH3 is 2. The van der Waals surface area contributed by atoms with E-state index >= 15 is 0 Å². The molecule has 114 valence electrons. The smallest absolute Gasteiger partial charge is 0.246 e. The van der Waals surface area contributed by atoms with Crippen molar-refractivity contribution in [3.63, 3.8) is 0 Å². The van der Waals surface area contributed by atoms with Gasteiger partial charge >= 0.3 is 0 Å². The van der Waals surface area contributed by atoms with Crippen molar-refractivity contribution in [2.24, 2.45) is 0 Å². The number of rotatable bonds is 8. The second kappa shape index (κ2) is 7.83. The van der Waals surface area contributed by atoms with Crippen LogP contribution in [0, 0.1) is 0 Å². The Kier molecular flexibility index (Phi) is 6.75. The Morgan fingerprint density at radius 3 is 2.50 bits per heavy atom. The van der Waals surface area contributed by atoms with Crippen molar-refractivity contribution >= 4 is 21.6 Å². The van der Waals surface area contributed by atoms with E-state index in [0.717, 1.165) is 5.56 Å². The zero-order valence-corrected chi connectivity index (χ0v) is 13.5. The van der Waals surface area contributed by atoms with Gasteiger partial charge in [0.15, 0.2) is 0 Å². The van der Waals surface area contributed by atoms with Gasteiger partial charge in [0.05, 0.1) is 13.7 Å². The van der Waals surface area contributed by atoms with Gasteiger partial charge in [-0.05, 0) is 17.7 Å². The highest BCUT2D eigenvalue weighted by atomic mass is 35.5. The van der Waals surface area contributed by atoms with Crippen LogP contribution in [0.25, 0.3) is 0 Å². The van der Waals surface area contributed by atoms with Crippen molar-refractivity contribution in [3.05, 3.63) is 23.8 Å². The number of alkyl halides is 1.